The van der Waals surface area contributed by atoms with E-state index in [1.54, 1.807) is 4.68 Å². The highest BCUT2D eigenvalue weighted by molar-refractivity contribution is 9.10. The van der Waals surface area contributed by atoms with Gasteiger partial charge in [0.25, 0.3) is 0 Å². The quantitative estimate of drug-likeness (QED) is 0.813. The summed E-state index contributed by atoms with van der Waals surface area (Å²) >= 11 is 9.59. The van der Waals surface area contributed by atoms with E-state index in [-0.39, 0.29) is 0 Å². The molecule has 0 spiro atoms. The number of hydrogen-bond donors (Lipinski definition) is 0. The highest BCUT2D eigenvalue weighted by atomic mass is 79.9. The van der Waals surface area contributed by atoms with Crippen LogP contribution in [0, 0.1) is 0 Å². The third-order valence-corrected chi connectivity index (χ3v) is 3.55. The molecular formula is C12H10BrClN2. The van der Waals surface area contributed by atoms with Gasteiger partial charge in [-0.3, -0.25) is 0 Å². The first-order valence-corrected chi connectivity index (χ1v) is 6.42. The van der Waals surface area contributed by atoms with E-state index in [9.17, 15) is 0 Å². The molecule has 0 aliphatic heterocycles. The summed E-state index contributed by atoms with van der Waals surface area (Å²) in [6.45, 7) is 0. The number of rotatable bonds is 2. The van der Waals surface area contributed by atoms with Crippen molar-refractivity contribution < 1.29 is 0 Å². The second-order valence-corrected chi connectivity index (χ2v) is 5.36. The Kier molecular flexibility index (Phi) is 2.52. The zero-order chi connectivity index (χ0) is 11.1. The van der Waals surface area contributed by atoms with Crippen LogP contribution in [-0.4, -0.2) is 9.78 Å². The third-order valence-electron chi connectivity index (χ3n) is 2.75. The number of nitrogens with zero attached hydrogens (tertiary/aromatic N) is 2. The van der Waals surface area contributed by atoms with Crippen LogP contribution in [-0.2, 0) is 0 Å². The van der Waals surface area contributed by atoms with Crippen LogP contribution in [0.2, 0.25) is 5.15 Å². The van der Waals surface area contributed by atoms with Crippen LogP contribution in [0.25, 0.3) is 5.69 Å². The first-order chi connectivity index (χ1) is 7.74. The van der Waals surface area contributed by atoms with Crippen molar-refractivity contribution in [3.8, 4) is 5.69 Å². The first-order valence-electron chi connectivity index (χ1n) is 5.25. The van der Waals surface area contributed by atoms with E-state index < -0.39 is 0 Å². The average molecular weight is 298 g/mol. The molecule has 0 unspecified atom stereocenters. The monoisotopic (exact) mass is 296 g/mol. The molecule has 0 radical (unpaired) electrons. The summed E-state index contributed by atoms with van der Waals surface area (Å²) in [6.07, 6.45) is 2.49. The van der Waals surface area contributed by atoms with Crippen LogP contribution >= 0.6 is 27.5 Å². The second kappa shape index (κ2) is 3.90. The molecule has 0 N–H and O–H groups in total. The molecule has 0 saturated heterocycles. The lowest BCUT2D eigenvalue weighted by Crippen LogP contribution is -1.96. The van der Waals surface area contributed by atoms with Gasteiger partial charge in [0, 0.05) is 10.4 Å². The van der Waals surface area contributed by atoms with E-state index in [1.165, 1.54) is 12.8 Å². The number of hydrogen-bond acceptors (Lipinski definition) is 1. The van der Waals surface area contributed by atoms with Gasteiger partial charge in [-0.05, 0) is 43.2 Å². The molecule has 4 heteroatoms. The van der Waals surface area contributed by atoms with E-state index in [0.717, 1.165) is 15.9 Å². The molecule has 1 fully saturated rings. The maximum absolute atomic E-state index is 6.18. The molecular weight excluding hydrogens is 288 g/mol. The maximum atomic E-state index is 6.18. The van der Waals surface area contributed by atoms with Crippen molar-refractivity contribution in [1.82, 2.24) is 9.78 Å². The number of benzene rings is 1. The lowest BCUT2D eigenvalue weighted by molar-refractivity contribution is 0.838. The van der Waals surface area contributed by atoms with Gasteiger partial charge in [0.2, 0.25) is 0 Å². The van der Waals surface area contributed by atoms with Crippen molar-refractivity contribution in [2.45, 2.75) is 18.8 Å². The maximum Gasteiger partial charge on any atom is 0.133 e. The minimum Gasteiger partial charge on any atom is -0.222 e. The Morgan fingerprint density at radius 1 is 1.25 bits per heavy atom. The number of halogens is 2. The molecule has 2 aromatic rings. The van der Waals surface area contributed by atoms with Gasteiger partial charge in [-0.15, -0.1) is 0 Å². The summed E-state index contributed by atoms with van der Waals surface area (Å²) < 4.78 is 2.85. The predicted octanol–water partition coefficient (Wildman–Crippen LogP) is 4.17. The number of aromatic nitrogens is 2. The third kappa shape index (κ3) is 1.89. The van der Waals surface area contributed by atoms with Crippen LogP contribution in [0.1, 0.15) is 24.5 Å². The Labute approximate surface area is 107 Å². The van der Waals surface area contributed by atoms with Crippen molar-refractivity contribution >= 4 is 27.5 Å². The summed E-state index contributed by atoms with van der Waals surface area (Å²) in [7, 11) is 0. The predicted molar refractivity (Wildman–Crippen MR) is 68.2 cm³/mol. The van der Waals surface area contributed by atoms with Gasteiger partial charge in [0.1, 0.15) is 5.15 Å². The van der Waals surface area contributed by atoms with Crippen molar-refractivity contribution in [3.63, 3.8) is 0 Å². The minimum atomic E-state index is 0.634. The highest BCUT2D eigenvalue weighted by Crippen LogP contribution is 2.40. The highest BCUT2D eigenvalue weighted by Gasteiger charge is 2.27. The Bertz CT molecular complexity index is 514. The van der Waals surface area contributed by atoms with Gasteiger partial charge < -0.3 is 0 Å². The SMILES string of the molecule is Clc1cc(C2CC2)nn1-c1ccc(Br)cc1. The summed E-state index contributed by atoms with van der Waals surface area (Å²) in [5.74, 6) is 0.634. The van der Waals surface area contributed by atoms with Gasteiger partial charge in [-0.1, -0.05) is 27.5 Å². The van der Waals surface area contributed by atoms with Crippen LogP contribution in [0.3, 0.4) is 0 Å². The second-order valence-electron chi connectivity index (χ2n) is 4.05. The van der Waals surface area contributed by atoms with E-state index in [0.29, 0.717) is 11.1 Å². The van der Waals surface area contributed by atoms with Gasteiger partial charge in [0.05, 0.1) is 11.4 Å². The Morgan fingerprint density at radius 2 is 1.94 bits per heavy atom. The van der Waals surface area contributed by atoms with Gasteiger partial charge >= 0.3 is 0 Å². The fraction of sp³-hybridized carbons (Fsp3) is 0.250. The van der Waals surface area contributed by atoms with Crippen LogP contribution in [0.5, 0.6) is 0 Å². The van der Waals surface area contributed by atoms with Crippen molar-refractivity contribution in [3.05, 3.63) is 45.7 Å². The Balaban J connectivity index is 2.01. The molecule has 0 bridgehead atoms. The van der Waals surface area contributed by atoms with Crippen LogP contribution in [0.4, 0.5) is 0 Å². The smallest absolute Gasteiger partial charge is 0.133 e. The molecule has 1 aliphatic rings. The fourth-order valence-electron chi connectivity index (χ4n) is 1.72. The molecule has 1 saturated carbocycles. The molecule has 2 nitrogen and oxygen atoms in total. The summed E-state index contributed by atoms with van der Waals surface area (Å²) in [6, 6.07) is 9.95. The first kappa shape index (κ1) is 10.4. The van der Waals surface area contributed by atoms with Gasteiger partial charge in [-0.25, -0.2) is 4.68 Å². The normalized spacial score (nSPS) is 15.4. The van der Waals surface area contributed by atoms with Gasteiger partial charge in [0.15, 0.2) is 0 Å². The molecule has 16 heavy (non-hydrogen) atoms. The summed E-state index contributed by atoms with van der Waals surface area (Å²) in [5.41, 5.74) is 2.12. The molecule has 1 aromatic carbocycles. The van der Waals surface area contributed by atoms with Crippen molar-refractivity contribution in [2.24, 2.45) is 0 Å². The topological polar surface area (TPSA) is 17.8 Å². The van der Waals surface area contributed by atoms with Gasteiger partial charge in [-0.2, -0.15) is 5.10 Å². The largest absolute Gasteiger partial charge is 0.222 e. The Morgan fingerprint density at radius 3 is 2.56 bits per heavy atom. The van der Waals surface area contributed by atoms with E-state index in [1.807, 2.05) is 30.3 Å². The molecule has 3 rings (SSSR count). The molecule has 1 aromatic heterocycles. The molecule has 1 heterocycles. The van der Waals surface area contributed by atoms with Crippen LogP contribution in [0.15, 0.2) is 34.8 Å². The van der Waals surface area contributed by atoms with Crippen molar-refractivity contribution in [1.29, 1.82) is 0 Å². The fourth-order valence-corrected chi connectivity index (χ4v) is 2.23. The lowest BCUT2D eigenvalue weighted by Gasteiger charge is -2.02. The van der Waals surface area contributed by atoms with E-state index in [2.05, 4.69) is 21.0 Å². The molecule has 1 aliphatic carbocycles. The van der Waals surface area contributed by atoms with Crippen LogP contribution < -0.4 is 0 Å². The summed E-state index contributed by atoms with van der Waals surface area (Å²) in [4.78, 5) is 0. The minimum absolute atomic E-state index is 0.634. The zero-order valence-electron chi connectivity index (χ0n) is 8.53. The Hall–Kier alpha value is -0.800. The van der Waals surface area contributed by atoms with Crippen molar-refractivity contribution in [2.75, 3.05) is 0 Å². The van der Waals surface area contributed by atoms with E-state index >= 15 is 0 Å². The van der Waals surface area contributed by atoms with E-state index in [4.69, 9.17) is 11.6 Å². The standard InChI is InChI=1S/C12H10BrClN2/c13-9-3-5-10(6-4-9)16-12(14)7-11(15-16)8-1-2-8/h3-8H,1-2H2. The molecule has 0 atom stereocenters. The average Bonchev–Trinajstić information content (AvgIpc) is 3.04. The zero-order valence-corrected chi connectivity index (χ0v) is 10.9. The lowest BCUT2D eigenvalue weighted by atomic mass is 10.3. The molecule has 82 valence electrons. The molecule has 0 amide bonds. The summed E-state index contributed by atoms with van der Waals surface area (Å²) in [5, 5.41) is 5.23.